The third kappa shape index (κ3) is 4.65. The Bertz CT molecular complexity index is 760. The van der Waals surface area contributed by atoms with Gasteiger partial charge in [-0.05, 0) is 49.9 Å². The summed E-state index contributed by atoms with van der Waals surface area (Å²) < 4.78 is 3.05. The monoisotopic (exact) mass is 376 g/mol. The second-order valence-corrected chi connectivity index (χ2v) is 9.08. The molecular formula is C19H21ClN2S2. The predicted molar refractivity (Wildman–Crippen MR) is 105 cm³/mol. The fourth-order valence-electron chi connectivity index (χ4n) is 2.76. The van der Waals surface area contributed by atoms with Gasteiger partial charge in [-0.25, -0.2) is 4.98 Å². The molecule has 1 unspecified atom stereocenters. The summed E-state index contributed by atoms with van der Waals surface area (Å²) in [6.07, 6.45) is 7.97. The fourth-order valence-corrected chi connectivity index (χ4v) is 5.18. The SMILES string of the molecule is Cc1cccc(C)c1SC(CCc1ccc(Cl)s1)Cn1ccnc1. The third-order valence-electron chi connectivity index (χ3n) is 4.01. The van der Waals surface area contributed by atoms with E-state index in [1.165, 1.54) is 20.9 Å². The zero-order chi connectivity index (χ0) is 16.9. The highest BCUT2D eigenvalue weighted by molar-refractivity contribution is 8.00. The van der Waals surface area contributed by atoms with E-state index < -0.39 is 0 Å². The first kappa shape index (κ1) is 17.6. The van der Waals surface area contributed by atoms with Crippen LogP contribution in [0.2, 0.25) is 4.34 Å². The summed E-state index contributed by atoms with van der Waals surface area (Å²) in [6, 6.07) is 10.7. The average Bonchev–Trinajstić information content (AvgIpc) is 3.20. The van der Waals surface area contributed by atoms with Crippen molar-refractivity contribution in [2.45, 2.75) is 43.4 Å². The van der Waals surface area contributed by atoms with Crippen molar-refractivity contribution in [1.82, 2.24) is 9.55 Å². The molecule has 3 rings (SSSR count). The van der Waals surface area contributed by atoms with Gasteiger partial charge in [0, 0.05) is 34.0 Å². The molecule has 0 spiro atoms. The minimum Gasteiger partial charge on any atom is -0.336 e. The molecule has 126 valence electrons. The van der Waals surface area contributed by atoms with Gasteiger partial charge in [0.05, 0.1) is 10.7 Å². The molecule has 2 aromatic heterocycles. The zero-order valence-corrected chi connectivity index (χ0v) is 16.3. The molecule has 0 N–H and O–H groups in total. The van der Waals surface area contributed by atoms with E-state index in [0.29, 0.717) is 5.25 Å². The van der Waals surface area contributed by atoms with E-state index in [9.17, 15) is 0 Å². The molecule has 5 heteroatoms. The van der Waals surface area contributed by atoms with Gasteiger partial charge in [0.25, 0.3) is 0 Å². The van der Waals surface area contributed by atoms with Crippen LogP contribution in [0.15, 0.2) is 53.9 Å². The molecule has 2 heterocycles. The summed E-state index contributed by atoms with van der Waals surface area (Å²) in [4.78, 5) is 6.95. The van der Waals surface area contributed by atoms with Crippen molar-refractivity contribution in [1.29, 1.82) is 0 Å². The van der Waals surface area contributed by atoms with Crippen LogP contribution in [0.25, 0.3) is 0 Å². The van der Waals surface area contributed by atoms with Crippen molar-refractivity contribution in [2.24, 2.45) is 0 Å². The number of benzene rings is 1. The molecule has 0 aliphatic carbocycles. The second-order valence-electron chi connectivity index (χ2n) is 5.96. The van der Waals surface area contributed by atoms with E-state index in [2.05, 4.69) is 47.7 Å². The zero-order valence-electron chi connectivity index (χ0n) is 13.9. The van der Waals surface area contributed by atoms with Crippen molar-refractivity contribution in [2.75, 3.05) is 0 Å². The van der Waals surface area contributed by atoms with Crippen molar-refractivity contribution in [3.8, 4) is 0 Å². The van der Waals surface area contributed by atoms with Crippen molar-refractivity contribution in [3.63, 3.8) is 0 Å². The van der Waals surface area contributed by atoms with E-state index in [1.807, 2.05) is 36.5 Å². The maximum Gasteiger partial charge on any atom is 0.0946 e. The van der Waals surface area contributed by atoms with Crippen LogP contribution in [0, 0.1) is 13.8 Å². The number of imidazole rings is 1. The number of nitrogens with zero attached hydrogens (tertiary/aromatic N) is 2. The Morgan fingerprint density at radius 2 is 2.00 bits per heavy atom. The second kappa shape index (κ2) is 8.24. The lowest BCUT2D eigenvalue weighted by atomic mass is 10.2. The largest absolute Gasteiger partial charge is 0.336 e. The molecule has 2 nitrogen and oxygen atoms in total. The molecular weight excluding hydrogens is 356 g/mol. The molecule has 0 radical (unpaired) electrons. The average molecular weight is 377 g/mol. The first-order valence-electron chi connectivity index (χ1n) is 8.04. The number of hydrogen-bond donors (Lipinski definition) is 0. The van der Waals surface area contributed by atoms with E-state index in [4.69, 9.17) is 11.6 Å². The maximum absolute atomic E-state index is 6.06. The number of hydrogen-bond acceptors (Lipinski definition) is 3. The number of halogens is 1. The van der Waals surface area contributed by atoms with Crippen LogP contribution in [0.1, 0.15) is 22.4 Å². The van der Waals surface area contributed by atoms with Crippen LogP contribution in [-0.2, 0) is 13.0 Å². The lowest BCUT2D eigenvalue weighted by Crippen LogP contribution is -2.13. The van der Waals surface area contributed by atoms with Crippen LogP contribution >= 0.6 is 34.7 Å². The van der Waals surface area contributed by atoms with E-state index in [0.717, 1.165) is 23.7 Å². The molecule has 1 aromatic carbocycles. The molecule has 0 saturated heterocycles. The van der Waals surface area contributed by atoms with Crippen LogP contribution < -0.4 is 0 Å². The predicted octanol–water partition coefficient (Wildman–Crippen LogP) is 6.01. The highest BCUT2D eigenvalue weighted by Gasteiger charge is 2.15. The van der Waals surface area contributed by atoms with Gasteiger partial charge in [-0.1, -0.05) is 29.8 Å². The van der Waals surface area contributed by atoms with Crippen molar-refractivity contribution in [3.05, 3.63) is 69.4 Å². The highest BCUT2D eigenvalue weighted by Crippen LogP contribution is 2.33. The number of aromatic nitrogens is 2. The smallest absolute Gasteiger partial charge is 0.0946 e. The van der Waals surface area contributed by atoms with Gasteiger partial charge >= 0.3 is 0 Å². The van der Waals surface area contributed by atoms with Gasteiger partial charge < -0.3 is 4.57 Å². The van der Waals surface area contributed by atoms with Crippen LogP contribution in [-0.4, -0.2) is 14.8 Å². The minimum absolute atomic E-state index is 0.500. The Morgan fingerprint density at radius 1 is 1.21 bits per heavy atom. The van der Waals surface area contributed by atoms with Crippen LogP contribution in [0.4, 0.5) is 0 Å². The lowest BCUT2D eigenvalue weighted by Gasteiger charge is -2.19. The normalized spacial score (nSPS) is 12.5. The van der Waals surface area contributed by atoms with E-state index >= 15 is 0 Å². The molecule has 0 bridgehead atoms. The number of aryl methyl sites for hydroxylation is 3. The summed E-state index contributed by atoms with van der Waals surface area (Å²) in [5.74, 6) is 0. The van der Waals surface area contributed by atoms with Crippen molar-refractivity contribution >= 4 is 34.7 Å². The number of thiophene rings is 1. The van der Waals surface area contributed by atoms with Crippen LogP contribution in [0.3, 0.4) is 0 Å². The van der Waals surface area contributed by atoms with Gasteiger partial charge in [0.15, 0.2) is 0 Å². The highest BCUT2D eigenvalue weighted by atomic mass is 35.5. The Balaban J connectivity index is 1.73. The Hall–Kier alpha value is -1.23. The lowest BCUT2D eigenvalue weighted by molar-refractivity contribution is 0.626. The summed E-state index contributed by atoms with van der Waals surface area (Å²) in [6.45, 7) is 5.36. The van der Waals surface area contributed by atoms with E-state index in [1.54, 1.807) is 11.3 Å². The van der Waals surface area contributed by atoms with Gasteiger partial charge in [-0.2, -0.15) is 0 Å². The Morgan fingerprint density at radius 3 is 2.62 bits per heavy atom. The molecule has 0 aliphatic rings. The number of rotatable bonds is 7. The Labute approximate surface area is 156 Å². The van der Waals surface area contributed by atoms with Gasteiger partial charge in [-0.15, -0.1) is 23.1 Å². The molecule has 0 amide bonds. The topological polar surface area (TPSA) is 17.8 Å². The fraction of sp³-hybridized carbons (Fsp3) is 0.316. The maximum atomic E-state index is 6.06. The molecule has 0 saturated carbocycles. The van der Waals surface area contributed by atoms with Crippen molar-refractivity contribution < 1.29 is 0 Å². The minimum atomic E-state index is 0.500. The van der Waals surface area contributed by atoms with E-state index in [-0.39, 0.29) is 0 Å². The number of thioether (sulfide) groups is 1. The van der Waals surface area contributed by atoms with Gasteiger partial charge in [0.2, 0.25) is 0 Å². The summed E-state index contributed by atoms with van der Waals surface area (Å²) in [5, 5.41) is 0.500. The van der Waals surface area contributed by atoms with Crippen LogP contribution in [0.5, 0.6) is 0 Å². The quantitative estimate of drug-likeness (QED) is 0.470. The molecule has 1 atom stereocenters. The molecule has 0 fully saturated rings. The first-order chi connectivity index (χ1) is 11.6. The summed E-state index contributed by atoms with van der Waals surface area (Å²) >= 11 is 9.74. The standard InChI is InChI=1S/C19H21ClN2S2/c1-14-4-3-5-15(2)19(14)24-17(12-22-11-10-21-13-22)7-6-16-8-9-18(20)23-16/h3-5,8-11,13,17H,6-7,12H2,1-2H3. The summed E-state index contributed by atoms with van der Waals surface area (Å²) in [5.41, 5.74) is 2.71. The molecule has 3 aromatic rings. The first-order valence-corrected chi connectivity index (χ1v) is 10.1. The Kier molecular flexibility index (Phi) is 6.04. The van der Waals surface area contributed by atoms with Gasteiger partial charge in [-0.3, -0.25) is 0 Å². The molecule has 24 heavy (non-hydrogen) atoms. The molecule has 0 aliphatic heterocycles. The van der Waals surface area contributed by atoms with Gasteiger partial charge in [0.1, 0.15) is 0 Å². The summed E-state index contributed by atoms with van der Waals surface area (Å²) in [7, 11) is 0. The third-order valence-corrected chi connectivity index (χ3v) is 6.90.